The summed E-state index contributed by atoms with van der Waals surface area (Å²) in [6, 6.07) is 7.46. The molecule has 0 saturated heterocycles. The first kappa shape index (κ1) is 23.2. The molecule has 29 heavy (non-hydrogen) atoms. The van der Waals surface area contributed by atoms with Crippen LogP contribution in [-0.4, -0.2) is 54.4 Å². The monoisotopic (exact) mass is 402 g/mol. The summed E-state index contributed by atoms with van der Waals surface area (Å²) in [6.07, 6.45) is 4.97. The van der Waals surface area contributed by atoms with Crippen LogP contribution >= 0.6 is 0 Å². The number of fused-ring (bicyclic) bond motifs is 1. The van der Waals surface area contributed by atoms with Crippen LogP contribution in [0.2, 0.25) is 0 Å². The molecule has 162 valence electrons. The third kappa shape index (κ3) is 6.76. The van der Waals surface area contributed by atoms with Crippen molar-refractivity contribution in [3.63, 3.8) is 0 Å². The molecule has 0 saturated carbocycles. The molecule has 1 atom stereocenters. The van der Waals surface area contributed by atoms with Crippen molar-refractivity contribution in [3.05, 3.63) is 29.8 Å². The van der Waals surface area contributed by atoms with Crippen molar-refractivity contribution in [1.82, 2.24) is 9.80 Å². The summed E-state index contributed by atoms with van der Waals surface area (Å²) < 4.78 is 6.18. The predicted molar refractivity (Wildman–Crippen MR) is 117 cm³/mol. The zero-order valence-corrected chi connectivity index (χ0v) is 18.8. The minimum absolute atomic E-state index is 0.00631. The van der Waals surface area contributed by atoms with E-state index in [2.05, 4.69) is 13.8 Å². The van der Waals surface area contributed by atoms with Crippen LogP contribution in [0.25, 0.3) is 0 Å². The van der Waals surface area contributed by atoms with Gasteiger partial charge in [-0.1, -0.05) is 52.7 Å². The van der Waals surface area contributed by atoms with Crippen molar-refractivity contribution in [3.8, 4) is 5.75 Å². The number of hydrogen-bond acceptors (Lipinski definition) is 3. The number of hydrogen-bond donors (Lipinski definition) is 0. The van der Waals surface area contributed by atoms with Gasteiger partial charge in [-0.25, -0.2) is 0 Å². The minimum atomic E-state index is -0.0361. The molecule has 0 fully saturated rings. The van der Waals surface area contributed by atoms with Crippen molar-refractivity contribution < 1.29 is 14.3 Å². The third-order valence-electron chi connectivity index (χ3n) is 5.50. The number of rotatable bonds is 3. The quantitative estimate of drug-likeness (QED) is 0.742. The molecule has 2 amide bonds. The van der Waals surface area contributed by atoms with Gasteiger partial charge in [0.25, 0.3) is 5.91 Å². The predicted octanol–water partition coefficient (Wildman–Crippen LogP) is 4.61. The highest BCUT2D eigenvalue weighted by Crippen LogP contribution is 2.23. The molecule has 2 rings (SSSR count). The lowest BCUT2D eigenvalue weighted by Crippen LogP contribution is -2.46. The Bertz CT molecular complexity index is 672. The van der Waals surface area contributed by atoms with Crippen LogP contribution in [0.1, 0.15) is 70.2 Å². The Hall–Kier alpha value is -2.04. The molecule has 1 aliphatic rings. The molecule has 0 unspecified atom stereocenters. The standard InChI is InChI=1S/C24H38N2O3/c1-18(2)16-20-17-29-22-13-9-8-12-21(22)24(28)25(5)14-10-6-7-11-15-26(20)23(27)19(3)4/h8-9,12-13,18-20H,6-7,10-11,14-17H2,1-5H3/t20-/m0/s1. The minimum Gasteiger partial charge on any atom is -0.491 e. The molecule has 0 bridgehead atoms. The topological polar surface area (TPSA) is 49.9 Å². The molecule has 0 spiro atoms. The van der Waals surface area contributed by atoms with Crippen molar-refractivity contribution in [2.75, 3.05) is 26.7 Å². The first-order valence-electron chi connectivity index (χ1n) is 11.1. The van der Waals surface area contributed by atoms with Crippen LogP contribution in [0.4, 0.5) is 0 Å². The SMILES string of the molecule is CC(C)C[C@H]1COc2ccccc2C(=O)N(C)CCCCCCN1C(=O)C(C)C. The zero-order valence-electron chi connectivity index (χ0n) is 18.8. The van der Waals surface area contributed by atoms with Crippen molar-refractivity contribution in [1.29, 1.82) is 0 Å². The molecule has 1 heterocycles. The Labute approximate surface area is 176 Å². The lowest BCUT2D eigenvalue weighted by molar-refractivity contribution is -0.138. The number of amides is 2. The van der Waals surface area contributed by atoms with Gasteiger partial charge in [0.05, 0.1) is 11.6 Å². The highest BCUT2D eigenvalue weighted by atomic mass is 16.5. The molecule has 1 aromatic carbocycles. The highest BCUT2D eigenvalue weighted by molar-refractivity contribution is 5.96. The van der Waals surface area contributed by atoms with Crippen LogP contribution in [0.15, 0.2) is 24.3 Å². The third-order valence-corrected chi connectivity index (χ3v) is 5.50. The summed E-state index contributed by atoms with van der Waals surface area (Å²) in [6.45, 7) is 10.2. The largest absolute Gasteiger partial charge is 0.491 e. The zero-order chi connectivity index (χ0) is 21.4. The lowest BCUT2D eigenvalue weighted by Gasteiger charge is -2.34. The number of para-hydroxylation sites is 1. The number of carbonyl (C=O) groups is 2. The van der Waals surface area contributed by atoms with Crippen molar-refractivity contribution >= 4 is 11.8 Å². The normalized spacial score (nSPS) is 19.7. The molecule has 1 aromatic rings. The summed E-state index contributed by atoms with van der Waals surface area (Å²) in [5, 5.41) is 0. The molecule has 0 aromatic heterocycles. The highest BCUT2D eigenvalue weighted by Gasteiger charge is 2.27. The van der Waals surface area contributed by atoms with Gasteiger partial charge in [0.15, 0.2) is 0 Å². The molecule has 0 N–H and O–H groups in total. The average Bonchev–Trinajstić information content (AvgIpc) is 2.69. The Kier molecular flexibility index (Phi) is 8.99. The van der Waals surface area contributed by atoms with Crippen LogP contribution in [0.5, 0.6) is 5.75 Å². The fraction of sp³-hybridized carbons (Fsp3) is 0.667. The Morgan fingerprint density at radius 1 is 1.07 bits per heavy atom. The summed E-state index contributed by atoms with van der Waals surface area (Å²) >= 11 is 0. The van der Waals surface area contributed by atoms with Gasteiger partial charge in [-0.05, 0) is 37.3 Å². The van der Waals surface area contributed by atoms with Crippen molar-refractivity contribution in [2.45, 2.75) is 65.8 Å². The molecular weight excluding hydrogens is 364 g/mol. The van der Waals surface area contributed by atoms with Crippen LogP contribution in [-0.2, 0) is 4.79 Å². The van der Waals surface area contributed by atoms with Gasteiger partial charge < -0.3 is 14.5 Å². The number of nitrogens with zero attached hydrogens (tertiary/aromatic N) is 2. The molecule has 0 radical (unpaired) electrons. The molecular formula is C24H38N2O3. The van der Waals surface area contributed by atoms with Gasteiger partial charge >= 0.3 is 0 Å². The molecule has 1 aliphatic heterocycles. The molecule has 5 heteroatoms. The molecule has 0 aliphatic carbocycles. The Morgan fingerprint density at radius 3 is 2.38 bits per heavy atom. The average molecular weight is 403 g/mol. The van der Waals surface area contributed by atoms with E-state index in [0.717, 1.165) is 45.2 Å². The summed E-state index contributed by atoms with van der Waals surface area (Å²) in [7, 11) is 1.86. The number of carbonyl (C=O) groups excluding carboxylic acids is 2. The van der Waals surface area contributed by atoms with Crippen LogP contribution in [0.3, 0.4) is 0 Å². The maximum atomic E-state index is 13.0. The van der Waals surface area contributed by atoms with Gasteiger partial charge in [0, 0.05) is 26.1 Å². The summed E-state index contributed by atoms with van der Waals surface area (Å²) in [4.78, 5) is 29.7. The van der Waals surface area contributed by atoms with Gasteiger partial charge in [0.2, 0.25) is 5.91 Å². The van der Waals surface area contributed by atoms with E-state index >= 15 is 0 Å². The summed E-state index contributed by atoms with van der Waals surface area (Å²) in [5.41, 5.74) is 0.595. The van der Waals surface area contributed by atoms with E-state index in [1.807, 2.05) is 50.1 Å². The van der Waals surface area contributed by atoms with E-state index in [-0.39, 0.29) is 23.8 Å². The van der Waals surface area contributed by atoms with E-state index in [9.17, 15) is 9.59 Å². The van der Waals surface area contributed by atoms with Gasteiger partial charge in [0.1, 0.15) is 12.4 Å². The second-order valence-corrected chi connectivity index (χ2v) is 8.92. The van der Waals surface area contributed by atoms with Crippen molar-refractivity contribution in [2.24, 2.45) is 11.8 Å². The second kappa shape index (κ2) is 11.2. The fourth-order valence-electron chi connectivity index (χ4n) is 3.88. The number of ether oxygens (including phenoxy) is 1. The maximum absolute atomic E-state index is 13.0. The Balaban J connectivity index is 2.33. The summed E-state index contributed by atoms with van der Waals surface area (Å²) in [5.74, 6) is 1.20. The van der Waals surface area contributed by atoms with Gasteiger partial charge in [-0.3, -0.25) is 9.59 Å². The molecule has 5 nitrogen and oxygen atoms in total. The first-order valence-corrected chi connectivity index (χ1v) is 11.1. The van der Waals surface area contributed by atoms with Crippen LogP contribution in [0, 0.1) is 11.8 Å². The van der Waals surface area contributed by atoms with Crippen LogP contribution < -0.4 is 4.74 Å². The van der Waals surface area contributed by atoms with E-state index in [0.29, 0.717) is 23.8 Å². The second-order valence-electron chi connectivity index (χ2n) is 8.92. The van der Waals surface area contributed by atoms with Gasteiger partial charge in [-0.15, -0.1) is 0 Å². The maximum Gasteiger partial charge on any atom is 0.257 e. The van der Waals surface area contributed by atoms with Gasteiger partial charge in [-0.2, -0.15) is 0 Å². The first-order chi connectivity index (χ1) is 13.8. The van der Waals surface area contributed by atoms with E-state index < -0.39 is 0 Å². The van der Waals surface area contributed by atoms with E-state index in [4.69, 9.17) is 4.74 Å². The van der Waals surface area contributed by atoms with E-state index in [1.165, 1.54) is 0 Å². The lowest BCUT2D eigenvalue weighted by atomic mass is 10.0. The smallest absolute Gasteiger partial charge is 0.257 e. The van der Waals surface area contributed by atoms with E-state index in [1.54, 1.807) is 4.90 Å². The number of benzene rings is 1. The fourth-order valence-corrected chi connectivity index (χ4v) is 3.88. The Morgan fingerprint density at radius 2 is 1.72 bits per heavy atom.